The summed E-state index contributed by atoms with van der Waals surface area (Å²) in [5.74, 6) is 0. The molecule has 0 bridgehead atoms. The first-order chi connectivity index (χ1) is 7.37. The van der Waals surface area contributed by atoms with Gasteiger partial charge in [-0.15, -0.1) is 0 Å². The van der Waals surface area contributed by atoms with Crippen LogP contribution in [0.4, 0.5) is 0 Å². The van der Waals surface area contributed by atoms with Crippen molar-refractivity contribution in [2.75, 3.05) is 33.4 Å². The minimum Gasteiger partial charge on any atom is -0.385 e. The molecule has 0 aromatic carbocycles. The van der Waals surface area contributed by atoms with Crippen LogP contribution in [0.3, 0.4) is 0 Å². The quantitative estimate of drug-likeness (QED) is 0.744. The molecule has 0 amide bonds. The standard InChI is InChI=1S/C13H28N2O/c1-12(2)11-15(9-6-10-16-5)13(3,4)7-8-14-12/h14H,6-11H2,1-5H3. The molecule has 3 nitrogen and oxygen atoms in total. The van der Waals surface area contributed by atoms with Crippen LogP contribution in [0.25, 0.3) is 0 Å². The van der Waals surface area contributed by atoms with E-state index >= 15 is 0 Å². The summed E-state index contributed by atoms with van der Waals surface area (Å²) in [6, 6.07) is 0. The summed E-state index contributed by atoms with van der Waals surface area (Å²) in [4.78, 5) is 2.60. The molecule has 1 aliphatic heterocycles. The highest BCUT2D eigenvalue weighted by Crippen LogP contribution is 2.24. The van der Waals surface area contributed by atoms with Crippen molar-refractivity contribution in [1.82, 2.24) is 10.2 Å². The van der Waals surface area contributed by atoms with E-state index in [0.29, 0.717) is 5.54 Å². The molecule has 0 aromatic rings. The second kappa shape index (κ2) is 5.48. The summed E-state index contributed by atoms with van der Waals surface area (Å²) in [5, 5.41) is 3.62. The van der Waals surface area contributed by atoms with Crippen molar-refractivity contribution in [2.24, 2.45) is 0 Å². The molecule has 1 N–H and O–H groups in total. The fourth-order valence-electron chi connectivity index (χ4n) is 2.39. The van der Waals surface area contributed by atoms with E-state index < -0.39 is 0 Å². The first-order valence-corrected chi connectivity index (χ1v) is 6.36. The van der Waals surface area contributed by atoms with Gasteiger partial charge in [-0.25, -0.2) is 0 Å². The molecule has 0 radical (unpaired) electrons. The maximum absolute atomic E-state index is 5.14. The molecular weight excluding hydrogens is 200 g/mol. The predicted molar refractivity (Wildman–Crippen MR) is 68.8 cm³/mol. The first kappa shape index (κ1) is 13.9. The van der Waals surface area contributed by atoms with Crippen LogP contribution in [-0.4, -0.2) is 49.3 Å². The predicted octanol–water partition coefficient (Wildman–Crippen LogP) is 1.88. The molecule has 1 fully saturated rings. The molecule has 0 aromatic heterocycles. The van der Waals surface area contributed by atoms with Crippen LogP contribution >= 0.6 is 0 Å². The molecule has 96 valence electrons. The Morgan fingerprint density at radius 2 is 1.94 bits per heavy atom. The molecule has 16 heavy (non-hydrogen) atoms. The van der Waals surface area contributed by atoms with Crippen LogP contribution in [0.1, 0.15) is 40.5 Å². The fourth-order valence-corrected chi connectivity index (χ4v) is 2.39. The maximum atomic E-state index is 5.14. The molecule has 1 saturated heterocycles. The van der Waals surface area contributed by atoms with Crippen LogP contribution in [0.15, 0.2) is 0 Å². The van der Waals surface area contributed by atoms with Gasteiger partial charge in [0.15, 0.2) is 0 Å². The first-order valence-electron chi connectivity index (χ1n) is 6.36. The van der Waals surface area contributed by atoms with Crippen molar-refractivity contribution in [3.8, 4) is 0 Å². The minimum atomic E-state index is 0.223. The van der Waals surface area contributed by atoms with Crippen LogP contribution in [0.5, 0.6) is 0 Å². The van der Waals surface area contributed by atoms with Crippen molar-refractivity contribution in [1.29, 1.82) is 0 Å². The Labute approximate surface area is 101 Å². The number of methoxy groups -OCH3 is 1. The lowest BCUT2D eigenvalue weighted by Crippen LogP contribution is -2.51. The van der Waals surface area contributed by atoms with Gasteiger partial charge in [0.2, 0.25) is 0 Å². The highest BCUT2D eigenvalue weighted by atomic mass is 16.5. The summed E-state index contributed by atoms with van der Waals surface area (Å²) in [5.41, 5.74) is 0.523. The van der Waals surface area contributed by atoms with Crippen molar-refractivity contribution in [2.45, 2.75) is 51.6 Å². The molecule has 0 atom stereocenters. The van der Waals surface area contributed by atoms with Crippen LogP contribution in [0.2, 0.25) is 0 Å². The third-order valence-corrected chi connectivity index (χ3v) is 3.56. The van der Waals surface area contributed by atoms with Gasteiger partial charge in [-0.05, 0) is 47.1 Å². The van der Waals surface area contributed by atoms with Gasteiger partial charge < -0.3 is 10.1 Å². The highest BCUT2D eigenvalue weighted by Gasteiger charge is 2.34. The Morgan fingerprint density at radius 3 is 2.56 bits per heavy atom. The Bertz CT molecular complexity index is 214. The van der Waals surface area contributed by atoms with Gasteiger partial charge in [0.1, 0.15) is 0 Å². The lowest BCUT2D eigenvalue weighted by atomic mass is 9.97. The largest absolute Gasteiger partial charge is 0.385 e. The zero-order chi connectivity index (χ0) is 12.2. The number of hydrogen-bond acceptors (Lipinski definition) is 3. The Kier molecular flexibility index (Phi) is 4.77. The zero-order valence-corrected chi connectivity index (χ0v) is 11.6. The monoisotopic (exact) mass is 228 g/mol. The van der Waals surface area contributed by atoms with E-state index in [-0.39, 0.29) is 5.54 Å². The van der Waals surface area contributed by atoms with Crippen LogP contribution in [-0.2, 0) is 4.74 Å². The molecule has 0 unspecified atom stereocenters. The number of nitrogens with one attached hydrogen (secondary N) is 1. The summed E-state index contributed by atoms with van der Waals surface area (Å²) < 4.78 is 5.14. The molecule has 0 aliphatic carbocycles. The highest BCUT2D eigenvalue weighted by molar-refractivity contribution is 4.93. The molecular formula is C13H28N2O. The van der Waals surface area contributed by atoms with Gasteiger partial charge >= 0.3 is 0 Å². The van der Waals surface area contributed by atoms with E-state index in [1.165, 1.54) is 6.42 Å². The molecule has 0 saturated carbocycles. The second-order valence-corrected chi connectivity index (χ2v) is 6.14. The third kappa shape index (κ3) is 4.04. The number of rotatable bonds is 4. The van der Waals surface area contributed by atoms with E-state index in [2.05, 4.69) is 37.9 Å². The van der Waals surface area contributed by atoms with Gasteiger partial charge in [0, 0.05) is 37.9 Å². The Balaban J connectivity index is 2.59. The van der Waals surface area contributed by atoms with Crippen molar-refractivity contribution < 1.29 is 4.74 Å². The fraction of sp³-hybridized carbons (Fsp3) is 1.00. The maximum Gasteiger partial charge on any atom is 0.0474 e. The molecule has 1 heterocycles. The number of nitrogens with zero attached hydrogens (tertiary/aromatic N) is 1. The van der Waals surface area contributed by atoms with Gasteiger partial charge in [0.25, 0.3) is 0 Å². The summed E-state index contributed by atoms with van der Waals surface area (Å²) in [6.45, 7) is 13.5. The number of hydrogen-bond donors (Lipinski definition) is 1. The smallest absolute Gasteiger partial charge is 0.0474 e. The number of ether oxygens (including phenoxy) is 1. The zero-order valence-electron chi connectivity index (χ0n) is 11.6. The summed E-state index contributed by atoms with van der Waals surface area (Å²) in [7, 11) is 1.78. The van der Waals surface area contributed by atoms with E-state index in [9.17, 15) is 0 Å². The van der Waals surface area contributed by atoms with E-state index in [1.54, 1.807) is 7.11 Å². The summed E-state index contributed by atoms with van der Waals surface area (Å²) >= 11 is 0. The van der Waals surface area contributed by atoms with Crippen molar-refractivity contribution in [3.05, 3.63) is 0 Å². The Morgan fingerprint density at radius 1 is 1.25 bits per heavy atom. The van der Waals surface area contributed by atoms with E-state index in [4.69, 9.17) is 4.74 Å². The topological polar surface area (TPSA) is 24.5 Å². The average Bonchev–Trinajstić information content (AvgIpc) is 2.24. The molecule has 1 aliphatic rings. The molecule has 3 heteroatoms. The average molecular weight is 228 g/mol. The van der Waals surface area contributed by atoms with Gasteiger partial charge in [-0.3, -0.25) is 4.90 Å². The van der Waals surface area contributed by atoms with Gasteiger partial charge in [0.05, 0.1) is 0 Å². The van der Waals surface area contributed by atoms with E-state index in [0.717, 1.165) is 32.7 Å². The SMILES string of the molecule is COCCCN1CC(C)(C)NCCC1(C)C. The van der Waals surface area contributed by atoms with Gasteiger partial charge in [-0.1, -0.05) is 0 Å². The second-order valence-electron chi connectivity index (χ2n) is 6.14. The lowest BCUT2D eigenvalue weighted by molar-refractivity contribution is 0.0902. The van der Waals surface area contributed by atoms with Crippen LogP contribution < -0.4 is 5.32 Å². The summed E-state index contributed by atoms with van der Waals surface area (Å²) in [6.07, 6.45) is 2.33. The van der Waals surface area contributed by atoms with Gasteiger partial charge in [-0.2, -0.15) is 0 Å². The van der Waals surface area contributed by atoms with Crippen molar-refractivity contribution >= 4 is 0 Å². The molecule has 1 rings (SSSR count). The van der Waals surface area contributed by atoms with Crippen molar-refractivity contribution in [3.63, 3.8) is 0 Å². The lowest BCUT2D eigenvalue weighted by Gasteiger charge is -2.39. The van der Waals surface area contributed by atoms with E-state index in [1.807, 2.05) is 0 Å². The third-order valence-electron chi connectivity index (χ3n) is 3.56. The normalized spacial score (nSPS) is 25.3. The minimum absolute atomic E-state index is 0.223. The molecule has 0 spiro atoms. The Hall–Kier alpha value is -0.120. The van der Waals surface area contributed by atoms with Crippen LogP contribution in [0, 0.1) is 0 Å².